The van der Waals surface area contributed by atoms with Gasteiger partial charge in [-0.1, -0.05) is 18.2 Å². The predicted octanol–water partition coefficient (Wildman–Crippen LogP) is 1.56. The molecule has 1 aromatic rings. The van der Waals surface area contributed by atoms with Crippen LogP contribution in [0, 0.1) is 0 Å². The van der Waals surface area contributed by atoms with Crippen molar-refractivity contribution in [2.24, 2.45) is 0 Å². The molecule has 33 heavy (non-hydrogen) atoms. The maximum Gasteiger partial charge on any atom is 0.408 e. The highest BCUT2D eigenvalue weighted by Gasteiger charge is 2.35. The largest absolute Gasteiger partial charge is 0.508 e. The molecule has 0 radical (unpaired) electrons. The van der Waals surface area contributed by atoms with Gasteiger partial charge in [0.05, 0.1) is 7.11 Å². The van der Waals surface area contributed by atoms with Crippen LogP contribution >= 0.6 is 12.6 Å². The molecule has 0 fully saturated rings. The highest BCUT2D eigenvalue weighted by Crippen LogP contribution is 2.24. The Morgan fingerprint density at radius 3 is 2.30 bits per heavy atom. The molecule has 10 nitrogen and oxygen atoms in total. The van der Waals surface area contributed by atoms with E-state index in [1.54, 1.807) is 20.8 Å². The number of ether oxygens (including phenoxy) is 2. The number of esters is 1. The van der Waals surface area contributed by atoms with Crippen LogP contribution in [0.5, 0.6) is 5.75 Å². The molecule has 2 atom stereocenters. The van der Waals surface area contributed by atoms with Crippen LogP contribution in [0.1, 0.15) is 32.4 Å². The van der Waals surface area contributed by atoms with Gasteiger partial charge in [-0.25, -0.2) is 4.79 Å². The number of benzene rings is 1. The lowest BCUT2D eigenvalue weighted by Gasteiger charge is -2.33. The Hall–Kier alpha value is -3.21. The normalized spacial score (nSPS) is 12.6. The Morgan fingerprint density at radius 1 is 1.21 bits per heavy atom. The van der Waals surface area contributed by atoms with E-state index in [2.05, 4.69) is 34.6 Å². The van der Waals surface area contributed by atoms with Gasteiger partial charge in [0.25, 0.3) is 0 Å². The van der Waals surface area contributed by atoms with Crippen molar-refractivity contribution < 1.29 is 33.8 Å². The van der Waals surface area contributed by atoms with Gasteiger partial charge in [0.2, 0.25) is 11.8 Å². The van der Waals surface area contributed by atoms with Crippen LogP contribution < -0.4 is 10.6 Å². The zero-order valence-electron chi connectivity index (χ0n) is 19.2. The number of alkyl carbamates (subject to hydrolysis) is 1. The number of aromatic hydroxyl groups is 1. The molecule has 0 aromatic heterocycles. The number of hydrogen-bond donors (Lipinski definition) is 4. The van der Waals surface area contributed by atoms with E-state index in [0.717, 1.165) is 0 Å². The minimum Gasteiger partial charge on any atom is -0.508 e. The van der Waals surface area contributed by atoms with Gasteiger partial charge >= 0.3 is 12.1 Å². The summed E-state index contributed by atoms with van der Waals surface area (Å²) in [4.78, 5) is 51.3. The van der Waals surface area contributed by atoms with Crippen LogP contribution in [-0.4, -0.2) is 71.5 Å². The van der Waals surface area contributed by atoms with Gasteiger partial charge in [-0.05, 0) is 38.5 Å². The quantitative estimate of drug-likeness (QED) is 0.226. The third kappa shape index (κ3) is 9.05. The van der Waals surface area contributed by atoms with Gasteiger partial charge < -0.3 is 30.1 Å². The minimum atomic E-state index is -1.21. The van der Waals surface area contributed by atoms with Crippen LogP contribution in [0.3, 0.4) is 0 Å². The summed E-state index contributed by atoms with van der Waals surface area (Å²) in [5.41, 5.74) is -0.419. The Kier molecular flexibility index (Phi) is 10.7. The molecule has 2 unspecified atom stereocenters. The maximum atomic E-state index is 13.4. The van der Waals surface area contributed by atoms with E-state index in [9.17, 15) is 24.3 Å². The molecule has 0 aliphatic carbocycles. The highest BCUT2D eigenvalue weighted by atomic mass is 32.1. The molecule has 3 N–H and O–H groups in total. The Balaban J connectivity index is 3.29. The number of phenolic OH excluding ortho intramolecular Hbond substituents is 1. The zero-order chi connectivity index (χ0) is 25.2. The van der Waals surface area contributed by atoms with Crippen molar-refractivity contribution >= 4 is 36.5 Å². The molecule has 0 spiro atoms. The lowest BCUT2D eigenvalue weighted by atomic mass is 10.0. The van der Waals surface area contributed by atoms with E-state index in [0.29, 0.717) is 5.56 Å². The molecule has 1 aromatic carbocycles. The molecule has 0 aliphatic heterocycles. The lowest BCUT2D eigenvalue weighted by molar-refractivity contribution is -0.144. The molecule has 1 rings (SSSR count). The Bertz CT molecular complexity index is 853. The van der Waals surface area contributed by atoms with Crippen molar-refractivity contribution in [1.82, 2.24) is 15.5 Å². The fourth-order valence-electron chi connectivity index (χ4n) is 2.75. The SMILES string of the molecule is C=CCN(C(=O)C(CS)NC(=O)OC(C)(C)C)C(C(=O)NCC(=O)OC)c1ccc(O)cc1. The summed E-state index contributed by atoms with van der Waals surface area (Å²) < 4.78 is 9.75. The van der Waals surface area contributed by atoms with Gasteiger partial charge in [0.1, 0.15) is 30.0 Å². The Labute approximate surface area is 198 Å². The molecule has 0 bridgehead atoms. The molecule has 0 aliphatic rings. The average Bonchev–Trinajstić information content (AvgIpc) is 2.74. The molecule has 0 saturated carbocycles. The molecular weight excluding hydrogens is 450 g/mol. The van der Waals surface area contributed by atoms with Crippen molar-refractivity contribution in [1.29, 1.82) is 0 Å². The summed E-state index contributed by atoms with van der Waals surface area (Å²) in [5, 5.41) is 14.5. The molecule has 3 amide bonds. The molecule has 0 heterocycles. The van der Waals surface area contributed by atoms with Crippen molar-refractivity contribution in [2.75, 3.05) is 26.0 Å². The second kappa shape index (κ2) is 12.7. The number of carbonyl (C=O) groups excluding carboxylic acids is 4. The second-order valence-electron chi connectivity index (χ2n) is 7.95. The third-order valence-corrected chi connectivity index (χ3v) is 4.55. The topological polar surface area (TPSA) is 134 Å². The average molecular weight is 482 g/mol. The van der Waals surface area contributed by atoms with E-state index in [-0.39, 0.29) is 18.0 Å². The molecule has 11 heteroatoms. The van der Waals surface area contributed by atoms with Crippen molar-refractivity contribution in [3.05, 3.63) is 42.5 Å². The Morgan fingerprint density at radius 2 is 1.82 bits per heavy atom. The standard InChI is InChI=1S/C22H31N3O7S/c1-6-11-25(20(29)16(13-33)24-21(30)32-22(2,3)4)18(14-7-9-15(26)10-8-14)19(28)23-12-17(27)31-5/h6-10,16,18,26,33H,1,11-13H2,2-5H3,(H,23,28)(H,24,30). The van der Waals surface area contributed by atoms with Gasteiger partial charge in [0.15, 0.2) is 0 Å². The smallest absolute Gasteiger partial charge is 0.408 e. The van der Waals surface area contributed by atoms with E-state index >= 15 is 0 Å². The van der Waals surface area contributed by atoms with Gasteiger partial charge in [-0.3, -0.25) is 14.4 Å². The number of carbonyl (C=O) groups is 4. The number of phenols is 1. The maximum absolute atomic E-state index is 13.4. The minimum absolute atomic E-state index is 0.0334. The van der Waals surface area contributed by atoms with Crippen LogP contribution in [-0.2, 0) is 23.9 Å². The summed E-state index contributed by atoms with van der Waals surface area (Å²) in [6.07, 6.45) is 0.604. The zero-order valence-corrected chi connectivity index (χ0v) is 20.1. The second-order valence-corrected chi connectivity index (χ2v) is 8.31. The number of hydrogen-bond acceptors (Lipinski definition) is 8. The van der Waals surface area contributed by atoms with Crippen molar-refractivity contribution in [3.8, 4) is 5.75 Å². The lowest BCUT2D eigenvalue weighted by Crippen LogP contribution is -2.54. The van der Waals surface area contributed by atoms with Crippen molar-refractivity contribution in [3.63, 3.8) is 0 Å². The summed E-state index contributed by atoms with van der Waals surface area (Å²) >= 11 is 4.17. The summed E-state index contributed by atoms with van der Waals surface area (Å²) in [6.45, 7) is 8.22. The number of amides is 3. The fraction of sp³-hybridized carbons (Fsp3) is 0.455. The van der Waals surface area contributed by atoms with E-state index < -0.39 is 48.1 Å². The first kappa shape index (κ1) is 27.8. The molecule has 182 valence electrons. The number of nitrogens with one attached hydrogen (secondary N) is 2. The van der Waals surface area contributed by atoms with Crippen LogP contribution in [0.2, 0.25) is 0 Å². The van der Waals surface area contributed by atoms with Crippen LogP contribution in [0.4, 0.5) is 4.79 Å². The van der Waals surface area contributed by atoms with Crippen LogP contribution in [0.15, 0.2) is 36.9 Å². The van der Waals surface area contributed by atoms with Crippen molar-refractivity contribution in [2.45, 2.75) is 38.5 Å². The molecule has 0 saturated heterocycles. The third-order valence-electron chi connectivity index (χ3n) is 4.18. The van der Waals surface area contributed by atoms with Gasteiger partial charge in [-0.15, -0.1) is 6.58 Å². The van der Waals surface area contributed by atoms with Gasteiger partial charge in [-0.2, -0.15) is 12.6 Å². The first-order valence-corrected chi connectivity index (χ1v) is 10.7. The number of nitrogens with zero attached hydrogens (tertiary/aromatic N) is 1. The van der Waals surface area contributed by atoms with E-state index in [4.69, 9.17) is 4.74 Å². The monoisotopic (exact) mass is 481 g/mol. The summed E-state index contributed by atoms with van der Waals surface area (Å²) in [7, 11) is 1.18. The molecular formula is C22H31N3O7S. The number of methoxy groups -OCH3 is 1. The van der Waals surface area contributed by atoms with Crippen LogP contribution in [0.25, 0.3) is 0 Å². The highest BCUT2D eigenvalue weighted by molar-refractivity contribution is 7.80. The first-order valence-electron chi connectivity index (χ1n) is 10.1. The summed E-state index contributed by atoms with van der Waals surface area (Å²) in [5.74, 6) is -2.07. The van der Waals surface area contributed by atoms with Gasteiger partial charge in [0, 0.05) is 12.3 Å². The summed E-state index contributed by atoms with van der Waals surface area (Å²) in [6, 6.07) is 3.35. The van der Waals surface area contributed by atoms with E-state index in [1.165, 1.54) is 42.4 Å². The fourth-order valence-corrected chi connectivity index (χ4v) is 3.00. The first-order chi connectivity index (χ1) is 15.4. The number of rotatable bonds is 10. The number of thiol groups is 1. The predicted molar refractivity (Wildman–Crippen MR) is 125 cm³/mol. The van der Waals surface area contributed by atoms with E-state index in [1.807, 2.05) is 0 Å².